The molecule has 0 bridgehead atoms. The molecule has 2 rings (SSSR count). The van der Waals surface area contributed by atoms with Crippen LogP contribution >= 0.6 is 0 Å². The van der Waals surface area contributed by atoms with E-state index < -0.39 is 11.4 Å². The molecule has 2 aliphatic carbocycles. The van der Waals surface area contributed by atoms with Gasteiger partial charge < -0.3 is 10.0 Å². The Morgan fingerprint density at radius 2 is 1.76 bits per heavy atom. The van der Waals surface area contributed by atoms with Crippen LogP contribution in [-0.2, 0) is 9.59 Å². The normalized spacial score (nSPS) is 21.6. The van der Waals surface area contributed by atoms with Gasteiger partial charge in [-0.15, -0.1) is 0 Å². The van der Waals surface area contributed by atoms with Crippen molar-refractivity contribution in [1.29, 1.82) is 0 Å². The van der Waals surface area contributed by atoms with Crippen LogP contribution in [0.5, 0.6) is 0 Å². The summed E-state index contributed by atoms with van der Waals surface area (Å²) in [7, 11) is 0. The van der Waals surface area contributed by atoms with Crippen LogP contribution in [0.25, 0.3) is 0 Å². The predicted molar refractivity (Wildman–Crippen MR) is 82.0 cm³/mol. The molecule has 0 aromatic heterocycles. The number of nitrogens with zero attached hydrogens (tertiary/aromatic N) is 1. The minimum atomic E-state index is -0.802. The lowest BCUT2D eigenvalue weighted by atomic mass is 9.77. The minimum Gasteiger partial charge on any atom is -0.481 e. The summed E-state index contributed by atoms with van der Waals surface area (Å²) in [6, 6.07) is 0. The summed E-state index contributed by atoms with van der Waals surface area (Å²) in [5.74, 6) is -0.0379. The van der Waals surface area contributed by atoms with Crippen LogP contribution < -0.4 is 0 Å². The first-order chi connectivity index (χ1) is 10.1. The van der Waals surface area contributed by atoms with E-state index in [1.54, 1.807) is 0 Å². The highest BCUT2D eigenvalue weighted by Crippen LogP contribution is 2.39. The van der Waals surface area contributed by atoms with Crippen LogP contribution in [0, 0.1) is 11.3 Å². The molecule has 0 unspecified atom stereocenters. The van der Waals surface area contributed by atoms with E-state index in [-0.39, 0.29) is 12.3 Å². The van der Waals surface area contributed by atoms with E-state index in [1.165, 1.54) is 12.8 Å². The smallest absolute Gasteiger partial charge is 0.310 e. The molecule has 2 aliphatic rings. The monoisotopic (exact) mass is 295 g/mol. The van der Waals surface area contributed by atoms with Gasteiger partial charge >= 0.3 is 5.97 Å². The van der Waals surface area contributed by atoms with Crippen LogP contribution in [0.1, 0.15) is 71.1 Å². The van der Waals surface area contributed by atoms with E-state index in [0.717, 1.165) is 45.2 Å². The largest absolute Gasteiger partial charge is 0.481 e. The predicted octanol–water partition coefficient (Wildman–Crippen LogP) is 3.45. The highest BCUT2D eigenvalue weighted by atomic mass is 16.4. The number of hydrogen-bond donors (Lipinski definition) is 1. The summed E-state index contributed by atoms with van der Waals surface area (Å²) in [5, 5.41) is 9.70. The summed E-state index contributed by atoms with van der Waals surface area (Å²) in [6.45, 7) is 3.68. The molecule has 1 amide bonds. The summed E-state index contributed by atoms with van der Waals surface area (Å²) < 4.78 is 0. The summed E-state index contributed by atoms with van der Waals surface area (Å²) in [5.41, 5.74) is -0.802. The van der Waals surface area contributed by atoms with Crippen molar-refractivity contribution < 1.29 is 14.7 Å². The Morgan fingerprint density at radius 3 is 2.24 bits per heavy atom. The van der Waals surface area contributed by atoms with Crippen molar-refractivity contribution in [2.45, 2.75) is 71.1 Å². The van der Waals surface area contributed by atoms with Crippen LogP contribution in [0.15, 0.2) is 0 Å². The molecule has 21 heavy (non-hydrogen) atoms. The Hall–Kier alpha value is -1.06. The van der Waals surface area contributed by atoms with Gasteiger partial charge in [-0.1, -0.05) is 32.6 Å². The lowest BCUT2D eigenvalue weighted by Gasteiger charge is -2.31. The fourth-order valence-corrected chi connectivity index (χ4v) is 3.47. The van der Waals surface area contributed by atoms with Gasteiger partial charge in [-0.2, -0.15) is 0 Å². The number of carbonyl (C=O) groups is 2. The zero-order chi connectivity index (χ0) is 15.3. The van der Waals surface area contributed by atoms with E-state index in [1.807, 2.05) is 4.90 Å². The zero-order valence-electron chi connectivity index (χ0n) is 13.3. The average molecular weight is 295 g/mol. The third kappa shape index (κ3) is 4.45. The molecule has 1 N–H and O–H groups in total. The Kier molecular flexibility index (Phi) is 5.65. The molecular weight excluding hydrogens is 266 g/mol. The fourth-order valence-electron chi connectivity index (χ4n) is 3.47. The van der Waals surface area contributed by atoms with Gasteiger partial charge in [0.1, 0.15) is 0 Å². The van der Waals surface area contributed by atoms with Crippen molar-refractivity contribution in [3.05, 3.63) is 0 Å². The molecule has 0 aromatic carbocycles. The van der Waals surface area contributed by atoms with Crippen molar-refractivity contribution in [3.8, 4) is 0 Å². The summed E-state index contributed by atoms with van der Waals surface area (Å²) in [6.07, 6.45) is 9.00. The SMILES string of the molecule is CCCN(CC1CC1)C(=O)CC1(C(=O)O)CCCCCC1. The van der Waals surface area contributed by atoms with E-state index in [9.17, 15) is 14.7 Å². The van der Waals surface area contributed by atoms with E-state index >= 15 is 0 Å². The van der Waals surface area contributed by atoms with Gasteiger partial charge in [0.05, 0.1) is 5.41 Å². The van der Waals surface area contributed by atoms with Crippen molar-refractivity contribution in [2.24, 2.45) is 11.3 Å². The fraction of sp³-hybridized carbons (Fsp3) is 0.882. The molecule has 2 saturated carbocycles. The number of carboxylic acid groups (broad SMARTS) is 1. The zero-order valence-corrected chi connectivity index (χ0v) is 13.3. The van der Waals surface area contributed by atoms with Gasteiger partial charge in [-0.3, -0.25) is 9.59 Å². The first-order valence-electron chi connectivity index (χ1n) is 8.58. The Morgan fingerprint density at radius 1 is 1.14 bits per heavy atom. The number of rotatable bonds is 7. The second kappa shape index (κ2) is 7.28. The maximum Gasteiger partial charge on any atom is 0.310 e. The maximum atomic E-state index is 12.6. The molecule has 0 heterocycles. The van der Waals surface area contributed by atoms with Crippen LogP contribution in [0.3, 0.4) is 0 Å². The highest BCUT2D eigenvalue weighted by molar-refractivity contribution is 5.85. The first kappa shape index (κ1) is 16.3. The third-order valence-corrected chi connectivity index (χ3v) is 5.03. The molecular formula is C17H29NO3. The molecule has 120 valence electrons. The standard InChI is InChI=1S/C17H29NO3/c1-2-11-18(13-14-7-8-14)15(19)12-17(16(20)21)9-5-3-4-6-10-17/h14H,2-13H2,1H3,(H,20,21). The van der Waals surface area contributed by atoms with Crippen molar-refractivity contribution in [1.82, 2.24) is 4.90 Å². The topological polar surface area (TPSA) is 57.6 Å². The van der Waals surface area contributed by atoms with Crippen LogP contribution in [-0.4, -0.2) is 35.0 Å². The summed E-state index contributed by atoms with van der Waals surface area (Å²) >= 11 is 0. The first-order valence-corrected chi connectivity index (χ1v) is 8.58. The number of amides is 1. The number of carboxylic acids is 1. The Bertz CT molecular complexity index is 368. The summed E-state index contributed by atoms with van der Waals surface area (Å²) in [4.78, 5) is 26.4. The highest BCUT2D eigenvalue weighted by Gasteiger charge is 2.41. The molecule has 0 atom stereocenters. The van der Waals surface area contributed by atoms with Gasteiger partial charge in [0.15, 0.2) is 0 Å². The van der Waals surface area contributed by atoms with Crippen LogP contribution in [0.2, 0.25) is 0 Å². The number of hydrogen-bond acceptors (Lipinski definition) is 2. The molecule has 0 spiro atoms. The average Bonchev–Trinajstić information content (AvgIpc) is 3.25. The van der Waals surface area contributed by atoms with Crippen molar-refractivity contribution in [2.75, 3.05) is 13.1 Å². The Balaban J connectivity index is 2.02. The van der Waals surface area contributed by atoms with Gasteiger partial charge in [0.25, 0.3) is 0 Å². The molecule has 4 heteroatoms. The van der Waals surface area contributed by atoms with Gasteiger partial charge in [0, 0.05) is 19.5 Å². The van der Waals surface area contributed by atoms with Crippen LogP contribution in [0.4, 0.5) is 0 Å². The van der Waals surface area contributed by atoms with Crippen molar-refractivity contribution in [3.63, 3.8) is 0 Å². The third-order valence-electron chi connectivity index (χ3n) is 5.03. The lowest BCUT2D eigenvalue weighted by molar-refractivity contribution is -0.154. The van der Waals surface area contributed by atoms with Crippen molar-refractivity contribution >= 4 is 11.9 Å². The molecule has 0 aliphatic heterocycles. The number of aliphatic carboxylic acids is 1. The maximum absolute atomic E-state index is 12.6. The van der Waals surface area contributed by atoms with E-state index in [4.69, 9.17) is 0 Å². The molecule has 0 radical (unpaired) electrons. The number of carbonyl (C=O) groups excluding carboxylic acids is 1. The second-order valence-electron chi connectivity index (χ2n) is 6.96. The van der Waals surface area contributed by atoms with E-state index in [0.29, 0.717) is 18.8 Å². The van der Waals surface area contributed by atoms with Gasteiger partial charge in [-0.05, 0) is 38.0 Å². The van der Waals surface area contributed by atoms with Gasteiger partial charge in [-0.25, -0.2) is 0 Å². The Labute approximate surface area is 127 Å². The molecule has 4 nitrogen and oxygen atoms in total. The lowest BCUT2D eigenvalue weighted by Crippen LogP contribution is -2.41. The minimum absolute atomic E-state index is 0.0630. The molecule has 0 aromatic rings. The van der Waals surface area contributed by atoms with Gasteiger partial charge in [0.2, 0.25) is 5.91 Å². The second-order valence-corrected chi connectivity index (χ2v) is 6.96. The molecule has 2 fully saturated rings. The molecule has 0 saturated heterocycles. The quantitative estimate of drug-likeness (QED) is 0.732. The van der Waals surface area contributed by atoms with E-state index in [2.05, 4.69) is 6.92 Å².